The first-order valence-electron chi connectivity index (χ1n) is 12.0. The Morgan fingerprint density at radius 3 is 2.40 bits per heavy atom. The van der Waals surface area contributed by atoms with Crippen molar-refractivity contribution in [2.24, 2.45) is 10.3 Å². The molecule has 0 radical (unpaired) electrons. The number of nitrogens with zero attached hydrogens (tertiary/aromatic N) is 1. The maximum absolute atomic E-state index is 14.3. The van der Waals surface area contributed by atoms with Crippen LogP contribution in [0.2, 0.25) is 0 Å². The van der Waals surface area contributed by atoms with Crippen molar-refractivity contribution in [1.29, 1.82) is 0 Å². The average molecular weight is 497 g/mol. The van der Waals surface area contributed by atoms with Gasteiger partial charge in [0, 0.05) is 5.56 Å². The van der Waals surface area contributed by atoms with E-state index in [4.69, 9.17) is 0 Å². The molecule has 0 bridgehead atoms. The van der Waals surface area contributed by atoms with E-state index in [0.717, 1.165) is 31.7 Å². The predicted molar refractivity (Wildman–Crippen MR) is 135 cm³/mol. The van der Waals surface area contributed by atoms with Gasteiger partial charge in [0.15, 0.2) is 11.6 Å². The van der Waals surface area contributed by atoms with Crippen LogP contribution in [0, 0.1) is 11.7 Å². The molecule has 184 valence electrons. The first kappa shape index (κ1) is 25.0. The van der Waals surface area contributed by atoms with E-state index >= 15 is 0 Å². The SMILES string of the molecule is C=Cc1ccc2c(c1)S(=O)(=O)N=C(C1C(=O)c3cc(F)ccc3C(CCCC)(CCCC)C1=O)N2. The van der Waals surface area contributed by atoms with Crippen molar-refractivity contribution in [3.05, 3.63) is 65.5 Å². The number of halogens is 1. The number of nitrogens with one attached hydrogen (secondary N) is 1. The van der Waals surface area contributed by atoms with Crippen LogP contribution in [0.3, 0.4) is 0 Å². The van der Waals surface area contributed by atoms with Gasteiger partial charge in [-0.3, -0.25) is 9.59 Å². The lowest BCUT2D eigenvalue weighted by Gasteiger charge is -2.41. The average Bonchev–Trinajstić information content (AvgIpc) is 2.83. The Balaban J connectivity index is 1.90. The van der Waals surface area contributed by atoms with E-state index < -0.39 is 33.0 Å². The zero-order chi connectivity index (χ0) is 25.4. The smallest absolute Gasteiger partial charge is 0.286 e. The van der Waals surface area contributed by atoms with Crippen molar-refractivity contribution in [1.82, 2.24) is 0 Å². The van der Waals surface area contributed by atoms with E-state index in [1.54, 1.807) is 18.2 Å². The summed E-state index contributed by atoms with van der Waals surface area (Å²) in [5.41, 5.74) is 0.465. The monoisotopic (exact) mass is 496 g/mol. The van der Waals surface area contributed by atoms with Crippen LogP contribution in [0.25, 0.3) is 6.08 Å². The molecule has 1 atom stereocenters. The number of hydrogen-bond donors (Lipinski definition) is 1. The van der Waals surface area contributed by atoms with Gasteiger partial charge in [-0.15, -0.1) is 4.40 Å². The minimum atomic E-state index is -4.18. The highest BCUT2D eigenvalue weighted by molar-refractivity contribution is 7.90. The lowest BCUT2D eigenvalue weighted by molar-refractivity contribution is -0.126. The Morgan fingerprint density at radius 1 is 1.09 bits per heavy atom. The first-order valence-corrected chi connectivity index (χ1v) is 13.4. The van der Waals surface area contributed by atoms with Gasteiger partial charge in [-0.25, -0.2) is 4.39 Å². The molecular weight excluding hydrogens is 467 g/mol. The molecule has 4 rings (SSSR count). The van der Waals surface area contributed by atoms with Crippen LogP contribution in [-0.2, 0) is 20.2 Å². The molecule has 1 heterocycles. The number of ketones is 2. The number of hydrogen-bond acceptors (Lipinski definition) is 5. The molecule has 2 aromatic carbocycles. The number of anilines is 1. The molecule has 0 aromatic heterocycles. The van der Waals surface area contributed by atoms with Gasteiger partial charge in [0.05, 0.1) is 11.1 Å². The normalized spacial score (nSPS) is 19.9. The molecule has 0 saturated carbocycles. The highest BCUT2D eigenvalue weighted by Gasteiger charge is 2.53. The Bertz CT molecular complexity index is 1340. The quantitative estimate of drug-likeness (QED) is 0.475. The number of Topliss-reactive ketones (excluding diaryl/α,β-unsaturated/α-hetero) is 2. The van der Waals surface area contributed by atoms with Crippen molar-refractivity contribution in [3.8, 4) is 0 Å². The number of sulfonamides is 1. The third-order valence-electron chi connectivity index (χ3n) is 6.95. The van der Waals surface area contributed by atoms with Gasteiger partial charge in [0.2, 0.25) is 0 Å². The van der Waals surface area contributed by atoms with Crippen molar-refractivity contribution < 1.29 is 22.4 Å². The number of benzene rings is 2. The first-order chi connectivity index (χ1) is 16.7. The fourth-order valence-corrected chi connectivity index (χ4v) is 6.30. The van der Waals surface area contributed by atoms with Gasteiger partial charge < -0.3 is 5.32 Å². The Morgan fingerprint density at radius 2 is 1.77 bits per heavy atom. The lowest BCUT2D eigenvalue weighted by atomic mass is 9.60. The van der Waals surface area contributed by atoms with Crippen LogP contribution in [0.1, 0.15) is 73.9 Å². The van der Waals surface area contributed by atoms with Crippen LogP contribution < -0.4 is 5.32 Å². The van der Waals surface area contributed by atoms with Crippen LogP contribution in [-0.4, -0.2) is 25.8 Å². The number of amidine groups is 1. The van der Waals surface area contributed by atoms with E-state index in [1.165, 1.54) is 18.2 Å². The molecule has 1 aliphatic carbocycles. The second kappa shape index (κ2) is 9.49. The predicted octanol–water partition coefficient (Wildman–Crippen LogP) is 5.68. The lowest BCUT2D eigenvalue weighted by Crippen LogP contribution is -2.52. The third kappa shape index (κ3) is 4.24. The summed E-state index contributed by atoms with van der Waals surface area (Å²) in [5, 5.41) is 2.93. The largest absolute Gasteiger partial charge is 0.341 e. The molecule has 1 N–H and O–H groups in total. The topological polar surface area (TPSA) is 92.7 Å². The molecule has 1 unspecified atom stereocenters. The number of carbonyl (C=O) groups excluding carboxylic acids is 2. The standard InChI is InChI=1S/C27H29FN2O4S/c1-4-7-13-27(14-8-5-2)20-11-10-18(28)16-19(20)24(31)23(25(27)32)26-29-21-12-9-17(6-3)15-22(21)35(33,34)30-26/h6,9-12,15-16,23H,3-5,7-8,13-14H2,1-2H3,(H,29,30). The van der Waals surface area contributed by atoms with E-state index in [1.807, 2.05) is 13.8 Å². The van der Waals surface area contributed by atoms with Gasteiger partial charge in [-0.1, -0.05) is 64.3 Å². The summed E-state index contributed by atoms with van der Waals surface area (Å²) >= 11 is 0. The van der Waals surface area contributed by atoms with Gasteiger partial charge in [-0.2, -0.15) is 8.42 Å². The summed E-state index contributed by atoms with van der Waals surface area (Å²) in [6.07, 6.45) is 5.64. The molecular formula is C27H29FN2O4S. The fraction of sp³-hybridized carbons (Fsp3) is 0.370. The second-order valence-electron chi connectivity index (χ2n) is 9.18. The minimum Gasteiger partial charge on any atom is -0.341 e. The number of rotatable bonds is 8. The molecule has 0 saturated heterocycles. The minimum absolute atomic E-state index is 0.0518. The maximum Gasteiger partial charge on any atom is 0.286 e. The van der Waals surface area contributed by atoms with E-state index in [2.05, 4.69) is 16.3 Å². The molecule has 0 fully saturated rings. The summed E-state index contributed by atoms with van der Waals surface area (Å²) in [6, 6.07) is 8.66. The number of fused-ring (bicyclic) bond motifs is 2. The Labute approximate surface area is 205 Å². The summed E-state index contributed by atoms with van der Waals surface area (Å²) in [6.45, 7) is 7.69. The van der Waals surface area contributed by atoms with Crippen LogP contribution in [0.15, 0.2) is 52.3 Å². The maximum atomic E-state index is 14.3. The molecule has 1 aliphatic heterocycles. The van der Waals surface area contributed by atoms with Crippen molar-refractivity contribution >= 4 is 39.2 Å². The third-order valence-corrected chi connectivity index (χ3v) is 8.28. The highest BCUT2D eigenvalue weighted by atomic mass is 32.2. The summed E-state index contributed by atoms with van der Waals surface area (Å²) in [4.78, 5) is 27.8. The molecule has 2 aromatic rings. The molecule has 8 heteroatoms. The number of carbonyl (C=O) groups is 2. The zero-order valence-electron chi connectivity index (χ0n) is 19.9. The highest BCUT2D eigenvalue weighted by Crippen LogP contribution is 2.46. The van der Waals surface area contributed by atoms with Gasteiger partial charge in [0.1, 0.15) is 22.5 Å². The van der Waals surface area contributed by atoms with Crippen molar-refractivity contribution in [3.63, 3.8) is 0 Å². The Kier molecular flexibility index (Phi) is 6.77. The zero-order valence-corrected chi connectivity index (χ0v) is 20.8. The van der Waals surface area contributed by atoms with E-state index in [9.17, 15) is 22.4 Å². The molecule has 35 heavy (non-hydrogen) atoms. The van der Waals surface area contributed by atoms with Crippen LogP contribution in [0.4, 0.5) is 10.1 Å². The summed E-state index contributed by atoms with van der Waals surface area (Å²) in [5.74, 6) is -3.29. The van der Waals surface area contributed by atoms with Crippen LogP contribution in [0.5, 0.6) is 0 Å². The van der Waals surface area contributed by atoms with E-state index in [0.29, 0.717) is 24.0 Å². The van der Waals surface area contributed by atoms with Crippen molar-refractivity contribution in [2.45, 2.75) is 62.7 Å². The van der Waals surface area contributed by atoms with Crippen LogP contribution >= 0.6 is 0 Å². The second-order valence-corrected chi connectivity index (χ2v) is 10.7. The summed E-state index contributed by atoms with van der Waals surface area (Å²) < 4.78 is 44.3. The van der Waals surface area contributed by atoms with Crippen molar-refractivity contribution in [2.75, 3.05) is 5.32 Å². The molecule has 0 amide bonds. The molecule has 6 nitrogen and oxygen atoms in total. The molecule has 0 spiro atoms. The van der Waals surface area contributed by atoms with Gasteiger partial charge >= 0.3 is 0 Å². The fourth-order valence-electron chi connectivity index (χ4n) is 5.11. The molecule has 2 aliphatic rings. The number of unbranched alkanes of at least 4 members (excludes halogenated alkanes) is 2. The van der Waals surface area contributed by atoms with E-state index in [-0.39, 0.29) is 27.8 Å². The summed E-state index contributed by atoms with van der Waals surface area (Å²) in [7, 11) is -4.18. The van der Waals surface area contributed by atoms with Gasteiger partial charge in [-0.05, 0) is 48.2 Å². The van der Waals surface area contributed by atoms with Gasteiger partial charge in [0.25, 0.3) is 10.0 Å². The Hall–Kier alpha value is -3.13.